The van der Waals surface area contributed by atoms with Gasteiger partial charge in [0.15, 0.2) is 0 Å². The van der Waals surface area contributed by atoms with Crippen LogP contribution in [0.4, 0.5) is 0 Å². The third-order valence-electron chi connectivity index (χ3n) is 5.68. The van der Waals surface area contributed by atoms with Crippen LogP contribution >= 0.6 is 0 Å². The van der Waals surface area contributed by atoms with Crippen molar-refractivity contribution in [3.05, 3.63) is 0 Å². The molecular formula is C15H29N3. The minimum Gasteiger partial charge on any atom is -0.329 e. The fourth-order valence-corrected chi connectivity index (χ4v) is 4.09. The van der Waals surface area contributed by atoms with Gasteiger partial charge in [0.05, 0.1) is 0 Å². The number of rotatable bonds is 4. The van der Waals surface area contributed by atoms with Crippen LogP contribution in [0.5, 0.6) is 0 Å². The molecule has 0 aromatic carbocycles. The van der Waals surface area contributed by atoms with Crippen LogP contribution in [-0.2, 0) is 0 Å². The molecule has 3 heteroatoms. The summed E-state index contributed by atoms with van der Waals surface area (Å²) in [5.41, 5.74) is 6.47. The lowest BCUT2D eigenvalue weighted by Gasteiger charge is -2.44. The van der Waals surface area contributed by atoms with Crippen molar-refractivity contribution in [3.63, 3.8) is 0 Å². The summed E-state index contributed by atoms with van der Waals surface area (Å²) in [7, 11) is 2.35. The van der Waals surface area contributed by atoms with Crippen molar-refractivity contribution < 1.29 is 0 Å². The lowest BCUT2D eigenvalue weighted by atomic mass is 9.88. The summed E-state index contributed by atoms with van der Waals surface area (Å²) in [5, 5.41) is 0. The fraction of sp³-hybridized carbons (Fsp3) is 1.00. The van der Waals surface area contributed by atoms with E-state index in [1.807, 2.05) is 0 Å². The van der Waals surface area contributed by atoms with Gasteiger partial charge < -0.3 is 5.73 Å². The van der Waals surface area contributed by atoms with Crippen LogP contribution in [-0.4, -0.2) is 54.1 Å². The van der Waals surface area contributed by atoms with Gasteiger partial charge in [0.1, 0.15) is 0 Å². The Bertz CT molecular complexity index is 283. The summed E-state index contributed by atoms with van der Waals surface area (Å²) in [4.78, 5) is 5.38. The van der Waals surface area contributed by atoms with Crippen LogP contribution < -0.4 is 5.73 Å². The molecule has 18 heavy (non-hydrogen) atoms. The Morgan fingerprint density at radius 1 is 1.17 bits per heavy atom. The minimum absolute atomic E-state index is 0.282. The van der Waals surface area contributed by atoms with Crippen molar-refractivity contribution in [2.75, 3.05) is 26.7 Å². The molecule has 0 aromatic heterocycles. The first-order chi connectivity index (χ1) is 8.75. The van der Waals surface area contributed by atoms with Gasteiger partial charge in [-0.1, -0.05) is 19.3 Å². The van der Waals surface area contributed by atoms with Crippen molar-refractivity contribution in [3.8, 4) is 0 Å². The molecule has 1 unspecified atom stereocenters. The molecule has 3 fully saturated rings. The van der Waals surface area contributed by atoms with Gasteiger partial charge in [0, 0.05) is 37.3 Å². The molecule has 2 saturated carbocycles. The first kappa shape index (κ1) is 12.9. The summed E-state index contributed by atoms with van der Waals surface area (Å²) in [5.74, 6) is 0. The van der Waals surface area contributed by atoms with Gasteiger partial charge in [0.2, 0.25) is 0 Å². The fourth-order valence-electron chi connectivity index (χ4n) is 4.09. The highest BCUT2D eigenvalue weighted by Gasteiger charge is 2.46. The topological polar surface area (TPSA) is 32.5 Å². The summed E-state index contributed by atoms with van der Waals surface area (Å²) in [6, 6.07) is 1.69. The van der Waals surface area contributed by atoms with E-state index in [0.29, 0.717) is 0 Å². The third kappa shape index (κ3) is 2.33. The van der Waals surface area contributed by atoms with Crippen molar-refractivity contribution in [1.82, 2.24) is 9.80 Å². The average molecular weight is 251 g/mol. The molecule has 1 atom stereocenters. The summed E-state index contributed by atoms with van der Waals surface area (Å²) in [6.45, 7) is 3.34. The second kappa shape index (κ2) is 5.10. The number of nitrogens with two attached hydrogens (primary N) is 1. The van der Waals surface area contributed by atoms with Crippen LogP contribution in [0, 0.1) is 0 Å². The van der Waals surface area contributed by atoms with E-state index in [1.165, 1.54) is 64.5 Å². The predicted octanol–water partition coefficient (Wildman–Crippen LogP) is 1.82. The Morgan fingerprint density at radius 3 is 2.50 bits per heavy atom. The van der Waals surface area contributed by atoms with E-state index in [9.17, 15) is 0 Å². The smallest absolute Gasteiger partial charge is 0.0470 e. The van der Waals surface area contributed by atoms with E-state index in [2.05, 4.69) is 16.8 Å². The van der Waals surface area contributed by atoms with Crippen LogP contribution in [0.15, 0.2) is 0 Å². The van der Waals surface area contributed by atoms with Gasteiger partial charge in [-0.3, -0.25) is 9.80 Å². The van der Waals surface area contributed by atoms with Crippen LogP contribution in [0.1, 0.15) is 51.4 Å². The molecule has 1 aliphatic heterocycles. The number of likely N-dealkylation sites (tertiary alicyclic amines) is 1. The molecule has 0 aromatic rings. The molecule has 3 aliphatic rings. The Labute approximate surface area is 112 Å². The van der Waals surface area contributed by atoms with Crippen molar-refractivity contribution in [1.29, 1.82) is 0 Å². The van der Waals surface area contributed by atoms with E-state index >= 15 is 0 Å². The quantitative estimate of drug-likeness (QED) is 0.827. The number of likely N-dealkylation sites (N-methyl/N-ethyl adjacent to an activating group) is 1. The van der Waals surface area contributed by atoms with Crippen molar-refractivity contribution >= 4 is 0 Å². The van der Waals surface area contributed by atoms with Gasteiger partial charge in [-0.2, -0.15) is 0 Å². The molecule has 0 spiro atoms. The predicted molar refractivity (Wildman–Crippen MR) is 75.6 cm³/mol. The van der Waals surface area contributed by atoms with Crippen molar-refractivity contribution in [2.45, 2.75) is 69.0 Å². The highest BCUT2D eigenvalue weighted by molar-refractivity contribution is 5.04. The number of nitrogens with zero attached hydrogens (tertiary/aromatic N) is 2. The molecule has 0 bridgehead atoms. The van der Waals surface area contributed by atoms with E-state index in [4.69, 9.17) is 5.73 Å². The molecular weight excluding hydrogens is 222 g/mol. The van der Waals surface area contributed by atoms with E-state index < -0.39 is 0 Å². The van der Waals surface area contributed by atoms with Gasteiger partial charge in [-0.05, 0) is 39.2 Å². The average Bonchev–Trinajstić information content (AvgIpc) is 3.19. The Kier molecular flexibility index (Phi) is 3.65. The zero-order chi connectivity index (χ0) is 12.6. The summed E-state index contributed by atoms with van der Waals surface area (Å²) < 4.78 is 0. The largest absolute Gasteiger partial charge is 0.329 e. The van der Waals surface area contributed by atoms with E-state index in [1.54, 1.807) is 0 Å². The van der Waals surface area contributed by atoms with Gasteiger partial charge >= 0.3 is 0 Å². The van der Waals surface area contributed by atoms with Gasteiger partial charge in [0.25, 0.3) is 0 Å². The molecule has 0 amide bonds. The summed E-state index contributed by atoms with van der Waals surface area (Å²) >= 11 is 0. The molecule has 104 valence electrons. The molecule has 2 N–H and O–H groups in total. The standard InChI is InChI=1S/C15H29N3/c1-17(13-5-3-2-4-6-13)15(11-16)9-10-18(12-15)14-7-8-14/h13-14H,2-12,16H2,1H3. The van der Waals surface area contributed by atoms with Crippen LogP contribution in [0.3, 0.4) is 0 Å². The highest BCUT2D eigenvalue weighted by Crippen LogP contribution is 2.37. The minimum atomic E-state index is 0.282. The normalized spacial score (nSPS) is 35.5. The lowest BCUT2D eigenvalue weighted by molar-refractivity contribution is 0.0618. The van der Waals surface area contributed by atoms with E-state index in [-0.39, 0.29) is 5.54 Å². The molecule has 1 saturated heterocycles. The SMILES string of the molecule is CN(C1CCCCC1)C1(CN)CCN(C2CC2)C1. The van der Waals surface area contributed by atoms with Crippen molar-refractivity contribution in [2.24, 2.45) is 5.73 Å². The van der Waals surface area contributed by atoms with Crippen LogP contribution in [0.25, 0.3) is 0 Å². The first-order valence-electron chi connectivity index (χ1n) is 7.92. The zero-order valence-corrected chi connectivity index (χ0v) is 11.9. The van der Waals surface area contributed by atoms with E-state index in [0.717, 1.165) is 18.6 Å². The highest BCUT2D eigenvalue weighted by atomic mass is 15.3. The molecule has 2 aliphatic carbocycles. The zero-order valence-electron chi connectivity index (χ0n) is 11.9. The second-order valence-corrected chi connectivity index (χ2v) is 6.78. The Balaban J connectivity index is 1.66. The molecule has 1 heterocycles. The Hall–Kier alpha value is -0.120. The maximum Gasteiger partial charge on any atom is 0.0470 e. The Morgan fingerprint density at radius 2 is 1.89 bits per heavy atom. The molecule has 3 nitrogen and oxygen atoms in total. The monoisotopic (exact) mass is 251 g/mol. The first-order valence-corrected chi connectivity index (χ1v) is 7.92. The molecule has 0 radical (unpaired) electrons. The van der Waals surface area contributed by atoms with Crippen LogP contribution in [0.2, 0.25) is 0 Å². The maximum atomic E-state index is 6.19. The number of hydrogen-bond acceptors (Lipinski definition) is 3. The van der Waals surface area contributed by atoms with Gasteiger partial charge in [-0.25, -0.2) is 0 Å². The lowest BCUT2D eigenvalue weighted by Crippen LogP contribution is -2.57. The van der Waals surface area contributed by atoms with Gasteiger partial charge in [-0.15, -0.1) is 0 Å². The number of hydrogen-bond donors (Lipinski definition) is 1. The third-order valence-corrected chi connectivity index (χ3v) is 5.68. The molecule has 3 rings (SSSR count). The second-order valence-electron chi connectivity index (χ2n) is 6.78. The maximum absolute atomic E-state index is 6.19. The summed E-state index contributed by atoms with van der Waals surface area (Å²) in [6.07, 6.45) is 11.2.